The van der Waals surface area contributed by atoms with E-state index in [0.717, 1.165) is 57.1 Å². The molecular weight excluding hydrogens is 520 g/mol. The number of carbonyl (C=O) groups excluding carboxylic acids is 3. The smallest absolute Gasteiger partial charge is 0.336 e. The van der Waals surface area contributed by atoms with E-state index in [1.165, 1.54) is 11.6 Å². The molecule has 206 valence electrons. The third-order valence-corrected chi connectivity index (χ3v) is 6.93. The molecule has 0 saturated carbocycles. The fourth-order valence-corrected chi connectivity index (χ4v) is 4.85. The Morgan fingerprint density at radius 3 is 2.40 bits per heavy atom. The summed E-state index contributed by atoms with van der Waals surface area (Å²) in [6, 6.07) is 12.7. The van der Waals surface area contributed by atoms with E-state index in [1.807, 2.05) is 6.07 Å². The summed E-state index contributed by atoms with van der Waals surface area (Å²) in [6.45, 7) is 3.00. The standard InChI is InChI=1S/C28H26N4O8/c33-22(8-4-7-18-13-15-31(16-14-18)17-19-5-2-1-3-6-19)27-29-28(40-30-27)20-9-10-21(32(36)37)26-25(20)38-23(34)11-12-24(35)39-26/h1-3,5-6,9-12,18H,4,7-8,13-17H2/b12-11+. The number of esters is 2. The average molecular weight is 547 g/mol. The Hall–Kier alpha value is -4.71. The number of nitro groups is 1. The van der Waals surface area contributed by atoms with Crippen molar-refractivity contribution in [1.82, 2.24) is 15.0 Å². The van der Waals surface area contributed by atoms with E-state index >= 15 is 0 Å². The first-order valence-corrected chi connectivity index (χ1v) is 12.9. The zero-order valence-corrected chi connectivity index (χ0v) is 21.5. The lowest BCUT2D eigenvalue weighted by atomic mass is 9.91. The predicted molar refractivity (Wildman–Crippen MR) is 139 cm³/mol. The quantitative estimate of drug-likeness (QED) is 0.124. The molecule has 0 N–H and O–H groups in total. The molecule has 40 heavy (non-hydrogen) atoms. The monoisotopic (exact) mass is 546 g/mol. The van der Waals surface area contributed by atoms with Crippen LogP contribution in [0.5, 0.6) is 11.5 Å². The molecule has 12 heteroatoms. The molecule has 2 aliphatic rings. The molecule has 1 saturated heterocycles. The molecule has 0 spiro atoms. The number of nitro benzene ring substituents is 1. The van der Waals surface area contributed by atoms with Gasteiger partial charge in [0.15, 0.2) is 5.75 Å². The van der Waals surface area contributed by atoms with Gasteiger partial charge in [-0.3, -0.25) is 19.8 Å². The number of likely N-dealkylation sites (tertiary alicyclic amines) is 1. The van der Waals surface area contributed by atoms with Crippen LogP contribution in [0.4, 0.5) is 5.69 Å². The van der Waals surface area contributed by atoms with Gasteiger partial charge in [0.25, 0.3) is 11.6 Å². The number of nitrogens with zero attached hydrogens (tertiary/aromatic N) is 4. The number of fused-ring (bicyclic) bond motifs is 1. The fraction of sp³-hybridized carbons (Fsp3) is 0.321. The number of piperidine rings is 1. The van der Waals surface area contributed by atoms with Gasteiger partial charge in [-0.25, -0.2) is 9.59 Å². The van der Waals surface area contributed by atoms with Crippen LogP contribution in [-0.2, 0) is 16.1 Å². The second-order valence-electron chi connectivity index (χ2n) is 9.67. The normalized spacial score (nSPS) is 16.8. The highest BCUT2D eigenvalue weighted by molar-refractivity contribution is 5.97. The predicted octanol–water partition coefficient (Wildman–Crippen LogP) is 4.29. The van der Waals surface area contributed by atoms with Gasteiger partial charge in [-0.1, -0.05) is 35.5 Å². The highest BCUT2D eigenvalue weighted by Gasteiger charge is 2.31. The van der Waals surface area contributed by atoms with Crippen LogP contribution in [0, 0.1) is 16.0 Å². The number of carbonyl (C=O) groups is 3. The summed E-state index contributed by atoms with van der Waals surface area (Å²) in [4.78, 5) is 54.0. The maximum atomic E-state index is 12.8. The zero-order chi connectivity index (χ0) is 28.1. The molecule has 3 aromatic rings. The van der Waals surface area contributed by atoms with E-state index < -0.39 is 34.0 Å². The molecule has 2 aliphatic heterocycles. The van der Waals surface area contributed by atoms with Gasteiger partial charge in [0.1, 0.15) is 0 Å². The number of hydrogen-bond acceptors (Lipinski definition) is 11. The Kier molecular flexibility index (Phi) is 8.06. The second-order valence-corrected chi connectivity index (χ2v) is 9.67. The van der Waals surface area contributed by atoms with E-state index in [0.29, 0.717) is 12.3 Å². The van der Waals surface area contributed by atoms with Crippen molar-refractivity contribution < 1.29 is 33.3 Å². The van der Waals surface area contributed by atoms with Crippen molar-refractivity contribution in [3.05, 3.63) is 76.1 Å². The highest BCUT2D eigenvalue weighted by atomic mass is 16.6. The van der Waals surface area contributed by atoms with E-state index in [2.05, 4.69) is 39.3 Å². The van der Waals surface area contributed by atoms with Crippen molar-refractivity contribution in [2.24, 2.45) is 5.92 Å². The Balaban J connectivity index is 1.19. The van der Waals surface area contributed by atoms with Crippen LogP contribution in [0.1, 0.15) is 48.3 Å². The van der Waals surface area contributed by atoms with Crippen molar-refractivity contribution in [3.63, 3.8) is 0 Å². The zero-order valence-electron chi connectivity index (χ0n) is 21.5. The minimum absolute atomic E-state index is 0.0362. The number of ketones is 1. The Bertz CT molecular complexity index is 1460. The summed E-state index contributed by atoms with van der Waals surface area (Å²) < 4.78 is 15.4. The fourth-order valence-electron chi connectivity index (χ4n) is 4.85. The summed E-state index contributed by atoms with van der Waals surface area (Å²) in [7, 11) is 0. The highest BCUT2D eigenvalue weighted by Crippen LogP contribution is 2.44. The van der Waals surface area contributed by atoms with Gasteiger partial charge < -0.3 is 14.0 Å². The van der Waals surface area contributed by atoms with Gasteiger partial charge >= 0.3 is 17.6 Å². The van der Waals surface area contributed by atoms with Gasteiger partial charge in [0.2, 0.25) is 11.6 Å². The maximum Gasteiger partial charge on any atom is 0.336 e. The van der Waals surface area contributed by atoms with Crippen molar-refractivity contribution in [3.8, 4) is 23.0 Å². The molecule has 0 aliphatic carbocycles. The van der Waals surface area contributed by atoms with Crippen LogP contribution in [-0.4, -0.2) is 50.8 Å². The first kappa shape index (κ1) is 26.9. The number of aromatic nitrogens is 2. The van der Waals surface area contributed by atoms with Crippen LogP contribution < -0.4 is 9.47 Å². The van der Waals surface area contributed by atoms with Crippen molar-refractivity contribution >= 4 is 23.4 Å². The van der Waals surface area contributed by atoms with Crippen molar-refractivity contribution in [2.75, 3.05) is 13.1 Å². The van der Waals surface area contributed by atoms with Gasteiger partial charge in [-0.05, 0) is 56.3 Å². The minimum Gasteiger partial charge on any atom is -0.418 e. The summed E-state index contributed by atoms with van der Waals surface area (Å²) in [6.07, 6.45) is 5.61. The molecule has 0 bridgehead atoms. The molecule has 2 aromatic carbocycles. The molecule has 3 heterocycles. The van der Waals surface area contributed by atoms with E-state index in [4.69, 9.17) is 14.0 Å². The minimum atomic E-state index is -0.999. The van der Waals surface area contributed by atoms with Gasteiger partial charge in [-0.15, -0.1) is 0 Å². The third kappa shape index (κ3) is 6.29. The molecule has 12 nitrogen and oxygen atoms in total. The summed E-state index contributed by atoms with van der Waals surface area (Å²) >= 11 is 0. The molecule has 0 unspecified atom stereocenters. The molecule has 1 fully saturated rings. The number of ether oxygens (including phenoxy) is 2. The topological polar surface area (TPSA) is 155 Å². The number of hydrogen-bond donors (Lipinski definition) is 0. The van der Waals surface area contributed by atoms with Crippen LogP contribution in [0.15, 0.2) is 59.1 Å². The van der Waals surface area contributed by atoms with Crippen LogP contribution in [0.25, 0.3) is 11.5 Å². The van der Waals surface area contributed by atoms with E-state index in [1.54, 1.807) is 0 Å². The molecule has 0 amide bonds. The average Bonchev–Trinajstić information content (AvgIpc) is 3.43. The molecule has 5 rings (SSSR count). The van der Waals surface area contributed by atoms with E-state index in [9.17, 15) is 24.5 Å². The molecule has 0 atom stereocenters. The second kappa shape index (κ2) is 12.0. The first-order valence-electron chi connectivity index (χ1n) is 12.9. The summed E-state index contributed by atoms with van der Waals surface area (Å²) in [5.41, 5.74) is 0.671. The Labute approximate surface area is 228 Å². The van der Waals surface area contributed by atoms with Crippen LogP contribution in [0.3, 0.4) is 0 Å². The molecular formula is C28H26N4O8. The van der Waals surface area contributed by atoms with Crippen molar-refractivity contribution in [2.45, 2.75) is 38.6 Å². The Morgan fingerprint density at radius 1 is 1.00 bits per heavy atom. The summed E-state index contributed by atoms with van der Waals surface area (Å²) in [5, 5.41) is 15.2. The third-order valence-electron chi connectivity index (χ3n) is 6.93. The van der Waals surface area contributed by atoms with Crippen molar-refractivity contribution in [1.29, 1.82) is 0 Å². The lowest BCUT2D eigenvalue weighted by Crippen LogP contribution is -2.33. The largest absolute Gasteiger partial charge is 0.418 e. The number of rotatable bonds is 9. The lowest BCUT2D eigenvalue weighted by molar-refractivity contribution is -0.385. The van der Waals surface area contributed by atoms with Crippen LogP contribution >= 0.6 is 0 Å². The van der Waals surface area contributed by atoms with Crippen LogP contribution in [0.2, 0.25) is 0 Å². The SMILES string of the molecule is O=C1/C=C/C(=O)Oc2c([N+](=O)[O-])ccc(-c3nc(C(=O)CCCC4CCN(Cc5ccccc5)CC4)no3)c2O1. The van der Waals surface area contributed by atoms with Gasteiger partial charge in [-0.2, -0.15) is 4.98 Å². The maximum absolute atomic E-state index is 12.8. The van der Waals surface area contributed by atoms with E-state index in [-0.39, 0.29) is 29.5 Å². The Morgan fingerprint density at radius 2 is 1.70 bits per heavy atom. The lowest BCUT2D eigenvalue weighted by Gasteiger charge is -2.32. The summed E-state index contributed by atoms with van der Waals surface area (Å²) in [5.74, 6) is -3.10. The number of benzene rings is 2. The number of Topliss-reactive ketones (excluding diaryl/α,β-unsaturated/α-hetero) is 1. The molecule has 1 aromatic heterocycles. The first-order chi connectivity index (χ1) is 19.4. The van der Waals surface area contributed by atoms with Gasteiger partial charge in [0.05, 0.1) is 10.5 Å². The van der Waals surface area contributed by atoms with Gasteiger partial charge in [0, 0.05) is 31.2 Å². The molecule has 0 radical (unpaired) electrons.